The van der Waals surface area contributed by atoms with Gasteiger partial charge in [-0.05, 0) is 36.8 Å². The number of benzene rings is 2. The first-order valence-electron chi connectivity index (χ1n) is 5.23. The second-order valence-corrected chi connectivity index (χ2v) is 3.77. The van der Waals surface area contributed by atoms with Gasteiger partial charge in [-0.25, -0.2) is 4.39 Å². The van der Waals surface area contributed by atoms with Gasteiger partial charge in [0.1, 0.15) is 11.9 Å². The van der Waals surface area contributed by atoms with Crippen LogP contribution in [0.25, 0.3) is 0 Å². The molecule has 0 radical (unpaired) electrons. The Bertz CT molecular complexity index is 585. The summed E-state index contributed by atoms with van der Waals surface area (Å²) in [6, 6.07) is 13.9. The van der Waals surface area contributed by atoms with Crippen LogP contribution in [0.2, 0.25) is 0 Å². The van der Waals surface area contributed by atoms with Crippen molar-refractivity contribution in [2.24, 2.45) is 0 Å². The molecule has 0 spiro atoms. The molecule has 0 fully saturated rings. The Balaban J connectivity index is 2.37. The molecule has 0 aromatic heterocycles. The highest BCUT2D eigenvalue weighted by atomic mass is 19.1. The third kappa shape index (κ3) is 2.43. The lowest BCUT2D eigenvalue weighted by molar-refractivity contribution is 0.632. The van der Waals surface area contributed by atoms with Gasteiger partial charge < -0.3 is 5.32 Å². The summed E-state index contributed by atoms with van der Waals surface area (Å²) in [5.74, 6) is -0.336. The van der Waals surface area contributed by atoms with Crippen LogP contribution in [-0.4, -0.2) is 0 Å². The quantitative estimate of drug-likeness (QED) is 0.846. The van der Waals surface area contributed by atoms with Crippen LogP contribution in [0, 0.1) is 24.1 Å². The minimum atomic E-state index is -0.336. The third-order valence-corrected chi connectivity index (χ3v) is 2.44. The van der Waals surface area contributed by atoms with E-state index in [2.05, 4.69) is 11.4 Å². The minimum Gasteiger partial charge on any atom is -0.352 e. The van der Waals surface area contributed by atoms with E-state index in [-0.39, 0.29) is 5.82 Å². The summed E-state index contributed by atoms with van der Waals surface area (Å²) < 4.78 is 13.4. The maximum atomic E-state index is 13.4. The number of rotatable bonds is 2. The lowest BCUT2D eigenvalue weighted by Crippen LogP contribution is -1.96. The molecule has 2 nitrogen and oxygen atoms in total. The second kappa shape index (κ2) is 4.67. The first kappa shape index (κ1) is 11.2. The minimum absolute atomic E-state index is 0.336. The molecule has 0 aliphatic rings. The van der Waals surface area contributed by atoms with Crippen molar-refractivity contribution in [3.05, 3.63) is 59.4 Å². The number of nitrogens with one attached hydrogen (secondary N) is 1. The van der Waals surface area contributed by atoms with Crippen molar-refractivity contribution in [2.75, 3.05) is 5.32 Å². The molecule has 84 valence electrons. The number of nitrogens with zero attached hydrogens (tertiary/aromatic N) is 1. The smallest absolute Gasteiger partial charge is 0.146 e. The summed E-state index contributed by atoms with van der Waals surface area (Å²) >= 11 is 0. The van der Waals surface area contributed by atoms with Gasteiger partial charge in [0.15, 0.2) is 0 Å². The third-order valence-electron chi connectivity index (χ3n) is 2.44. The van der Waals surface area contributed by atoms with Crippen LogP contribution < -0.4 is 5.32 Å². The average Bonchev–Trinajstić information content (AvgIpc) is 2.34. The average molecular weight is 226 g/mol. The van der Waals surface area contributed by atoms with Gasteiger partial charge in [-0.3, -0.25) is 0 Å². The van der Waals surface area contributed by atoms with Gasteiger partial charge in [0.25, 0.3) is 0 Å². The number of anilines is 2. The zero-order valence-electron chi connectivity index (χ0n) is 9.37. The fraction of sp³-hybridized carbons (Fsp3) is 0.0714. The molecule has 0 atom stereocenters. The summed E-state index contributed by atoms with van der Waals surface area (Å²) in [5.41, 5.74) is 2.49. The molecule has 2 rings (SSSR count). The summed E-state index contributed by atoms with van der Waals surface area (Å²) in [6.45, 7) is 1.91. The number of halogens is 1. The number of para-hydroxylation sites is 1. The van der Waals surface area contributed by atoms with Gasteiger partial charge in [0.2, 0.25) is 0 Å². The SMILES string of the molecule is Cc1ccc(Nc2ccccc2F)c(C#N)c1. The predicted molar refractivity (Wildman–Crippen MR) is 65.6 cm³/mol. The highest BCUT2D eigenvalue weighted by Gasteiger charge is 2.05. The molecule has 0 unspecified atom stereocenters. The monoisotopic (exact) mass is 226 g/mol. The molecule has 17 heavy (non-hydrogen) atoms. The van der Waals surface area contributed by atoms with E-state index in [4.69, 9.17) is 5.26 Å². The molecule has 0 aliphatic carbocycles. The maximum Gasteiger partial charge on any atom is 0.146 e. The van der Waals surface area contributed by atoms with E-state index >= 15 is 0 Å². The van der Waals surface area contributed by atoms with Gasteiger partial charge in [0, 0.05) is 0 Å². The van der Waals surface area contributed by atoms with E-state index in [0.29, 0.717) is 16.9 Å². The molecule has 2 aromatic rings. The molecular formula is C14H11FN2. The fourth-order valence-electron chi connectivity index (χ4n) is 1.57. The molecule has 1 N–H and O–H groups in total. The molecular weight excluding hydrogens is 215 g/mol. The topological polar surface area (TPSA) is 35.8 Å². The van der Waals surface area contributed by atoms with Gasteiger partial charge >= 0.3 is 0 Å². The number of hydrogen-bond acceptors (Lipinski definition) is 2. The predicted octanol–water partition coefficient (Wildman–Crippen LogP) is 3.75. The van der Waals surface area contributed by atoms with Gasteiger partial charge in [-0.15, -0.1) is 0 Å². The molecule has 0 saturated heterocycles. The molecule has 0 aliphatic heterocycles. The molecule has 0 heterocycles. The van der Waals surface area contributed by atoms with Crippen molar-refractivity contribution in [2.45, 2.75) is 6.92 Å². The van der Waals surface area contributed by atoms with E-state index in [1.54, 1.807) is 30.3 Å². The van der Waals surface area contributed by atoms with Crippen molar-refractivity contribution in [1.29, 1.82) is 5.26 Å². The van der Waals surface area contributed by atoms with Crippen LogP contribution in [0.15, 0.2) is 42.5 Å². The molecule has 0 bridgehead atoms. The molecule has 0 saturated carbocycles. The van der Waals surface area contributed by atoms with Crippen LogP contribution >= 0.6 is 0 Å². The van der Waals surface area contributed by atoms with Crippen LogP contribution in [0.4, 0.5) is 15.8 Å². The van der Waals surface area contributed by atoms with Crippen LogP contribution in [-0.2, 0) is 0 Å². The normalized spacial score (nSPS) is 9.71. The maximum absolute atomic E-state index is 13.4. The summed E-state index contributed by atoms with van der Waals surface area (Å²) in [7, 11) is 0. The van der Waals surface area contributed by atoms with Crippen molar-refractivity contribution < 1.29 is 4.39 Å². The highest BCUT2D eigenvalue weighted by Crippen LogP contribution is 2.23. The number of nitriles is 1. The van der Waals surface area contributed by atoms with Gasteiger partial charge in [-0.2, -0.15) is 5.26 Å². The van der Waals surface area contributed by atoms with E-state index in [0.717, 1.165) is 5.56 Å². The van der Waals surface area contributed by atoms with Crippen molar-refractivity contribution in [3.63, 3.8) is 0 Å². The zero-order valence-corrected chi connectivity index (χ0v) is 9.37. The summed E-state index contributed by atoms with van der Waals surface area (Å²) in [6.07, 6.45) is 0. The largest absolute Gasteiger partial charge is 0.352 e. The Morgan fingerprint density at radius 2 is 1.88 bits per heavy atom. The van der Waals surface area contributed by atoms with Gasteiger partial charge in [0.05, 0.1) is 16.9 Å². The first-order valence-corrected chi connectivity index (χ1v) is 5.23. The summed E-state index contributed by atoms with van der Waals surface area (Å²) in [4.78, 5) is 0. The van der Waals surface area contributed by atoms with Crippen molar-refractivity contribution >= 4 is 11.4 Å². The second-order valence-electron chi connectivity index (χ2n) is 3.77. The Morgan fingerprint density at radius 1 is 1.12 bits per heavy atom. The first-order chi connectivity index (χ1) is 8.20. The standard InChI is InChI=1S/C14H11FN2/c1-10-6-7-13(11(8-10)9-16)17-14-5-3-2-4-12(14)15/h2-8,17H,1H3. The zero-order chi connectivity index (χ0) is 12.3. The van der Waals surface area contributed by atoms with E-state index < -0.39 is 0 Å². The van der Waals surface area contributed by atoms with Crippen LogP contribution in [0.5, 0.6) is 0 Å². The highest BCUT2D eigenvalue weighted by molar-refractivity contribution is 5.67. The van der Waals surface area contributed by atoms with Crippen LogP contribution in [0.1, 0.15) is 11.1 Å². The fourth-order valence-corrected chi connectivity index (χ4v) is 1.57. The van der Waals surface area contributed by atoms with Gasteiger partial charge in [-0.1, -0.05) is 18.2 Å². The molecule has 3 heteroatoms. The Kier molecular flexibility index (Phi) is 3.06. The Hall–Kier alpha value is -2.34. The summed E-state index contributed by atoms with van der Waals surface area (Å²) in [5, 5.41) is 11.9. The lowest BCUT2D eigenvalue weighted by atomic mass is 10.1. The van der Waals surface area contributed by atoms with Crippen molar-refractivity contribution in [3.8, 4) is 6.07 Å². The number of aryl methyl sites for hydroxylation is 1. The molecule has 0 amide bonds. The van der Waals surface area contributed by atoms with Crippen LogP contribution in [0.3, 0.4) is 0 Å². The van der Waals surface area contributed by atoms with Crippen molar-refractivity contribution in [1.82, 2.24) is 0 Å². The van der Waals surface area contributed by atoms with E-state index in [1.165, 1.54) is 6.07 Å². The Morgan fingerprint density at radius 3 is 2.59 bits per heavy atom. The molecule has 2 aromatic carbocycles. The Labute approximate surface area is 99.3 Å². The lowest BCUT2D eigenvalue weighted by Gasteiger charge is -2.09. The van der Waals surface area contributed by atoms with E-state index in [9.17, 15) is 4.39 Å². The van der Waals surface area contributed by atoms with E-state index in [1.807, 2.05) is 13.0 Å². The number of hydrogen-bond donors (Lipinski definition) is 1.